The first-order valence-electron chi connectivity index (χ1n) is 7.24. The molecule has 0 spiro atoms. The third kappa shape index (κ3) is 3.72. The van der Waals surface area contributed by atoms with Gasteiger partial charge in [-0.3, -0.25) is 9.78 Å². The summed E-state index contributed by atoms with van der Waals surface area (Å²) in [5, 5.41) is 4.10. The maximum absolute atomic E-state index is 13.0. The Bertz CT molecular complexity index is 873. The van der Waals surface area contributed by atoms with Gasteiger partial charge in [0.25, 0.3) is 5.91 Å². The van der Waals surface area contributed by atoms with E-state index in [-0.39, 0.29) is 11.7 Å². The lowest BCUT2D eigenvalue weighted by molar-refractivity contribution is 0.0959. The molecule has 2 aromatic heterocycles. The van der Waals surface area contributed by atoms with Crippen LogP contribution >= 0.6 is 11.3 Å². The van der Waals surface area contributed by atoms with E-state index in [9.17, 15) is 9.18 Å². The first-order chi connectivity index (χ1) is 11.6. The van der Waals surface area contributed by atoms with Crippen molar-refractivity contribution in [1.82, 2.24) is 10.4 Å². The summed E-state index contributed by atoms with van der Waals surface area (Å²) >= 11 is 1.33. The minimum absolute atomic E-state index is 0.281. The third-order valence-corrected chi connectivity index (χ3v) is 4.50. The lowest BCUT2D eigenvalue weighted by Gasteiger charge is -2.01. The van der Waals surface area contributed by atoms with Gasteiger partial charge in [-0.25, -0.2) is 9.82 Å². The van der Waals surface area contributed by atoms with Crippen molar-refractivity contribution >= 4 is 23.0 Å². The molecule has 2 heterocycles. The van der Waals surface area contributed by atoms with Crippen molar-refractivity contribution < 1.29 is 9.18 Å². The van der Waals surface area contributed by atoms with Crippen LogP contribution in [-0.4, -0.2) is 16.6 Å². The minimum Gasteiger partial charge on any atom is -0.266 e. The number of pyridine rings is 1. The van der Waals surface area contributed by atoms with Gasteiger partial charge < -0.3 is 0 Å². The average molecular weight is 339 g/mol. The zero-order valence-electron chi connectivity index (χ0n) is 12.9. The molecule has 0 bridgehead atoms. The number of nitrogens with zero attached hydrogens (tertiary/aromatic N) is 2. The van der Waals surface area contributed by atoms with Gasteiger partial charge in [0.15, 0.2) is 0 Å². The van der Waals surface area contributed by atoms with Crippen LogP contribution in [0.1, 0.15) is 22.2 Å². The van der Waals surface area contributed by atoms with Crippen molar-refractivity contribution in [2.75, 3.05) is 0 Å². The largest absolute Gasteiger partial charge is 0.281 e. The van der Waals surface area contributed by atoms with E-state index in [0.717, 1.165) is 16.0 Å². The van der Waals surface area contributed by atoms with Crippen molar-refractivity contribution in [1.29, 1.82) is 0 Å². The number of benzene rings is 1. The predicted molar refractivity (Wildman–Crippen MR) is 93.6 cm³/mol. The second-order valence-electron chi connectivity index (χ2n) is 5.05. The molecule has 3 rings (SSSR count). The third-order valence-electron chi connectivity index (χ3n) is 3.36. The molecule has 3 aromatic rings. The van der Waals surface area contributed by atoms with E-state index in [1.54, 1.807) is 37.5 Å². The van der Waals surface area contributed by atoms with Gasteiger partial charge in [0.1, 0.15) is 5.82 Å². The summed E-state index contributed by atoms with van der Waals surface area (Å²) in [4.78, 5) is 17.6. The summed E-state index contributed by atoms with van der Waals surface area (Å²) in [6, 6.07) is 13.4. The van der Waals surface area contributed by atoms with E-state index in [0.29, 0.717) is 10.6 Å². The Balaban J connectivity index is 1.71. The number of halogens is 1. The average Bonchev–Trinajstić information content (AvgIpc) is 3.11. The summed E-state index contributed by atoms with van der Waals surface area (Å²) in [7, 11) is 0. The fourth-order valence-corrected chi connectivity index (χ4v) is 2.96. The van der Waals surface area contributed by atoms with Gasteiger partial charge in [-0.2, -0.15) is 5.10 Å². The highest BCUT2D eigenvalue weighted by molar-refractivity contribution is 7.17. The molecule has 0 atom stereocenters. The normalized spacial score (nSPS) is 11.3. The highest BCUT2D eigenvalue weighted by Crippen LogP contribution is 2.28. The van der Waals surface area contributed by atoms with Crippen molar-refractivity contribution in [3.63, 3.8) is 0 Å². The second kappa shape index (κ2) is 7.14. The summed E-state index contributed by atoms with van der Waals surface area (Å²) in [6.07, 6.45) is 3.36. The van der Waals surface area contributed by atoms with Gasteiger partial charge in [-0.15, -0.1) is 11.3 Å². The molecule has 1 aromatic carbocycles. The highest BCUT2D eigenvalue weighted by atomic mass is 32.1. The zero-order valence-corrected chi connectivity index (χ0v) is 13.7. The second-order valence-corrected chi connectivity index (χ2v) is 6.13. The van der Waals surface area contributed by atoms with Crippen LogP contribution < -0.4 is 5.43 Å². The summed E-state index contributed by atoms with van der Waals surface area (Å²) in [5.41, 5.74) is 4.93. The van der Waals surface area contributed by atoms with E-state index in [4.69, 9.17) is 0 Å². The number of carbonyl (C=O) groups excluding carboxylic acids is 1. The number of nitrogens with one attached hydrogen (secondary N) is 1. The van der Waals surface area contributed by atoms with Crippen molar-refractivity contribution in [2.45, 2.75) is 6.92 Å². The molecule has 24 heavy (non-hydrogen) atoms. The lowest BCUT2D eigenvalue weighted by Crippen LogP contribution is -2.18. The van der Waals surface area contributed by atoms with Crippen LogP contribution in [0.5, 0.6) is 0 Å². The SMILES string of the molecule is C/C(=N/NC(=O)c1ccc(-c2ccc(F)cc2)s1)c1cccnc1. The summed E-state index contributed by atoms with van der Waals surface area (Å²) in [5.74, 6) is -0.565. The first-order valence-corrected chi connectivity index (χ1v) is 8.06. The highest BCUT2D eigenvalue weighted by Gasteiger charge is 2.10. The van der Waals surface area contributed by atoms with Crippen LogP contribution in [0.4, 0.5) is 4.39 Å². The van der Waals surface area contributed by atoms with Crippen LogP contribution in [0.25, 0.3) is 10.4 Å². The molecule has 1 amide bonds. The first kappa shape index (κ1) is 16.0. The molecule has 0 aliphatic rings. The van der Waals surface area contributed by atoms with Gasteiger partial charge in [-0.1, -0.05) is 18.2 Å². The van der Waals surface area contributed by atoms with Gasteiger partial charge in [0.05, 0.1) is 10.6 Å². The number of aromatic nitrogens is 1. The van der Waals surface area contributed by atoms with E-state index < -0.39 is 0 Å². The molecule has 0 unspecified atom stereocenters. The smallest absolute Gasteiger partial charge is 0.266 e. The molecule has 0 radical (unpaired) electrons. The molecule has 0 saturated heterocycles. The Labute approximate surface area is 142 Å². The summed E-state index contributed by atoms with van der Waals surface area (Å²) in [6.45, 7) is 1.80. The molecule has 0 aliphatic carbocycles. The van der Waals surface area contributed by atoms with E-state index >= 15 is 0 Å². The van der Waals surface area contributed by atoms with Gasteiger partial charge in [-0.05, 0) is 42.8 Å². The van der Waals surface area contributed by atoms with E-state index in [1.165, 1.54) is 23.5 Å². The van der Waals surface area contributed by atoms with Crippen molar-refractivity contribution in [2.24, 2.45) is 5.10 Å². The summed E-state index contributed by atoms with van der Waals surface area (Å²) < 4.78 is 13.0. The van der Waals surface area contributed by atoms with Crippen LogP contribution in [0.3, 0.4) is 0 Å². The molecule has 6 heteroatoms. The number of rotatable bonds is 4. The number of hydrogen-bond acceptors (Lipinski definition) is 4. The quantitative estimate of drug-likeness (QED) is 0.575. The molecular formula is C18H14FN3OS. The number of amides is 1. The van der Waals surface area contributed by atoms with Crippen LogP contribution in [0.2, 0.25) is 0 Å². The maximum Gasteiger partial charge on any atom is 0.281 e. The molecule has 0 aliphatic heterocycles. The minimum atomic E-state index is -0.284. The Hall–Kier alpha value is -2.86. The Morgan fingerprint density at radius 1 is 1.17 bits per heavy atom. The van der Waals surface area contributed by atoms with E-state index in [1.807, 2.05) is 18.2 Å². The van der Waals surface area contributed by atoms with Crippen LogP contribution in [0, 0.1) is 5.82 Å². The molecule has 0 fully saturated rings. The van der Waals surface area contributed by atoms with Crippen LogP contribution in [-0.2, 0) is 0 Å². The topological polar surface area (TPSA) is 54.4 Å². The molecule has 4 nitrogen and oxygen atoms in total. The standard InChI is InChI=1S/C18H14FN3OS/c1-12(14-3-2-10-20-11-14)21-22-18(23)17-9-8-16(24-17)13-4-6-15(19)7-5-13/h2-11H,1H3,(H,22,23)/b21-12-. The number of hydrazone groups is 1. The predicted octanol–water partition coefficient (Wildman–Crippen LogP) is 4.10. The zero-order chi connectivity index (χ0) is 16.9. The van der Waals surface area contributed by atoms with Crippen molar-refractivity contribution in [3.8, 4) is 10.4 Å². The fraction of sp³-hybridized carbons (Fsp3) is 0.0556. The molecular weight excluding hydrogens is 325 g/mol. The van der Waals surface area contributed by atoms with Crippen molar-refractivity contribution in [3.05, 3.63) is 77.2 Å². The van der Waals surface area contributed by atoms with Gasteiger partial charge in [0.2, 0.25) is 0 Å². The molecule has 0 saturated carbocycles. The van der Waals surface area contributed by atoms with Crippen LogP contribution in [0.15, 0.2) is 66.0 Å². The lowest BCUT2D eigenvalue weighted by atomic mass is 10.2. The van der Waals surface area contributed by atoms with E-state index in [2.05, 4.69) is 15.5 Å². The maximum atomic E-state index is 13.0. The monoisotopic (exact) mass is 339 g/mol. The number of hydrogen-bond donors (Lipinski definition) is 1. The number of thiophene rings is 1. The Morgan fingerprint density at radius 3 is 2.67 bits per heavy atom. The molecule has 1 N–H and O–H groups in total. The van der Waals surface area contributed by atoms with Gasteiger partial charge >= 0.3 is 0 Å². The Morgan fingerprint density at radius 2 is 1.96 bits per heavy atom. The Kier molecular flexibility index (Phi) is 4.77. The number of carbonyl (C=O) groups is 1. The van der Waals surface area contributed by atoms with Gasteiger partial charge in [0, 0.05) is 22.8 Å². The fourth-order valence-electron chi connectivity index (χ4n) is 2.06. The molecule has 120 valence electrons.